The Morgan fingerprint density at radius 1 is 1.59 bits per heavy atom. The molecule has 0 aliphatic heterocycles. The summed E-state index contributed by atoms with van der Waals surface area (Å²) in [6, 6.07) is 1.48. The van der Waals surface area contributed by atoms with Gasteiger partial charge in [-0.05, 0) is 13.0 Å². The second-order valence-corrected chi connectivity index (χ2v) is 4.52. The van der Waals surface area contributed by atoms with Crippen molar-refractivity contribution in [3.05, 3.63) is 21.9 Å². The third-order valence-electron chi connectivity index (χ3n) is 2.38. The lowest BCUT2D eigenvalue weighted by Gasteiger charge is -2.22. The Bertz CT molecular complexity index is 444. The van der Waals surface area contributed by atoms with Crippen LogP contribution in [0.4, 0.5) is 0 Å². The zero-order chi connectivity index (χ0) is 12.8. The molecule has 2 N–H and O–H groups in total. The van der Waals surface area contributed by atoms with Crippen LogP contribution in [0.2, 0.25) is 0 Å². The Morgan fingerprint density at radius 2 is 2.29 bits per heavy atom. The van der Waals surface area contributed by atoms with Gasteiger partial charge in [-0.15, -0.1) is 11.3 Å². The first kappa shape index (κ1) is 13.7. The predicted octanol–water partition coefficient (Wildman–Crippen LogP) is 0.545. The van der Waals surface area contributed by atoms with Crippen molar-refractivity contribution in [2.45, 2.75) is 13.0 Å². The number of rotatable bonds is 3. The Hall–Kier alpha value is -1.35. The highest BCUT2D eigenvalue weighted by atomic mass is 32.1. The van der Waals surface area contributed by atoms with Gasteiger partial charge in [-0.1, -0.05) is 11.8 Å². The molecule has 0 aliphatic carbocycles. The third kappa shape index (κ3) is 3.56. The largest absolute Gasteiger partial charge is 0.394 e. The van der Waals surface area contributed by atoms with Crippen molar-refractivity contribution in [3.8, 4) is 11.8 Å². The molecule has 1 aromatic rings. The first-order valence-corrected chi connectivity index (χ1v) is 6.04. The van der Waals surface area contributed by atoms with Gasteiger partial charge in [0, 0.05) is 12.4 Å². The molecule has 0 aromatic carbocycles. The summed E-state index contributed by atoms with van der Waals surface area (Å²) in [5, 5.41) is 19.3. The summed E-state index contributed by atoms with van der Waals surface area (Å²) in [4.78, 5) is 14.2. The van der Waals surface area contributed by atoms with Gasteiger partial charge in [-0.25, -0.2) is 0 Å². The van der Waals surface area contributed by atoms with Crippen LogP contribution in [0.3, 0.4) is 0 Å². The van der Waals surface area contributed by atoms with E-state index in [2.05, 4.69) is 11.8 Å². The molecular formula is C12H15NO3S. The maximum absolute atomic E-state index is 12.0. The molecule has 1 rings (SSSR count). The van der Waals surface area contributed by atoms with Gasteiger partial charge in [0.2, 0.25) is 0 Å². The smallest absolute Gasteiger partial charge is 0.254 e. The molecule has 0 radical (unpaired) electrons. The lowest BCUT2D eigenvalue weighted by atomic mass is 10.2. The van der Waals surface area contributed by atoms with Crippen molar-refractivity contribution in [3.63, 3.8) is 0 Å². The molecule has 17 heavy (non-hydrogen) atoms. The average molecular weight is 253 g/mol. The molecule has 1 unspecified atom stereocenters. The summed E-state index contributed by atoms with van der Waals surface area (Å²) in [5.74, 6) is 5.14. The van der Waals surface area contributed by atoms with Crippen molar-refractivity contribution in [1.82, 2.24) is 4.90 Å². The maximum Gasteiger partial charge on any atom is 0.254 e. The highest BCUT2D eigenvalue weighted by Gasteiger charge is 2.17. The van der Waals surface area contributed by atoms with Crippen LogP contribution in [0, 0.1) is 11.8 Å². The normalized spacial score (nSPS) is 11.5. The van der Waals surface area contributed by atoms with Crippen molar-refractivity contribution in [1.29, 1.82) is 0 Å². The van der Waals surface area contributed by atoms with Crippen molar-refractivity contribution >= 4 is 17.2 Å². The van der Waals surface area contributed by atoms with Gasteiger partial charge < -0.3 is 15.1 Å². The van der Waals surface area contributed by atoms with Crippen LogP contribution in [0.15, 0.2) is 11.4 Å². The molecule has 1 atom stereocenters. The Balaban J connectivity index is 2.79. The van der Waals surface area contributed by atoms with Gasteiger partial charge in [-0.2, -0.15) is 0 Å². The number of aliphatic hydroxyl groups is 2. The van der Waals surface area contributed by atoms with Crippen LogP contribution in [0.5, 0.6) is 0 Å². The molecule has 0 saturated heterocycles. The van der Waals surface area contributed by atoms with Crippen LogP contribution in [0.1, 0.15) is 22.2 Å². The fourth-order valence-corrected chi connectivity index (χ4v) is 1.92. The van der Waals surface area contributed by atoms with Crippen molar-refractivity contribution in [2.75, 3.05) is 20.3 Å². The highest BCUT2D eigenvalue weighted by Crippen LogP contribution is 2.15. The van der Waals surface area contributed by atoms with E-state index in [0.717, 1.165) is 4.88 Å². The van der Waals surface area contributed by atoms with Gasteiger partial charge in [0.05, 0.1) is 23.1 Å². The Labute approximate surface area is 105 Å². The van der Waals surface area contributed by atoms with E-state index in [1.54, 1.807) is 25.4 Å². The van der Waals surface area contributed by atoms with Gasteiger partial charge in [0.25, 0.3) is 5.91 Å². The zero-order valence-electron chi connectivity index (χ0n) is 9.80. The quantitative estimate of drug-likeness (QED) is 0.773. The van der Waals surface area contributed by atoms with Crippen LogP contribution in [0.25, 0.3) is 0 Å². The topological polar surface area (TPSA) is 60.8 Å². The second kappa shape index (κ2) is 6.40. The summed E-state index contributed by atoms with van der Waals surface area (Å²) in [5.41, 5.74) is 0.556. The minimum Gasteiger partial charge on any atom is -0.394 e. The van der Waals surface area contributed by atoms with E-state index in [9.17, 15) is 4.79 Å². The van der Waals surface area contributed by atoms with E-state index in [0.29, 0.717) is 5.56 Å². The standard InChI is InChI=1S/C12H15NO3S/c1-9(7-15)13(2)12(16)10-6-11(17-8-10)4-3-5-14/h6,8-9,14-15H,5,7H2,1-2H3. The van der Waals surface area contributed by atoms with E-state index in [1.807, 2.05) is 0 Å². The van der Waals surface area contributed by atoms with Crippen LogP contribution < -0.4 is 0 Å². The van der Waals surface area contributed by atoms with E-state index in [-0.39, 0.29) is 25.2 Å². The van der Waals surface area contributed by atoms with E-state index in [1.165, 1.54) is 16.2 Å². The van der Waals surface area contributed by atoms with Crippen LogP contribution in [-0.4, -0.2) is 47.3 Å². The zero-order valence-corrected chi connectivity index (χ0v) is 10.6. The molecule has 1 heterocycles. The molecule has 1 amide bonds. The molecule has 1 aromatic heterocycles. The highest BCUT2D eigenvalue weighted by molar-refractivity contribution is 7.10. The fourth-order valence-electron chi connectivity index (χ4n) is 1.17. The summed E-state index contributed by atoms with van der Waals surface area (Å²) >= 11 is 1.36. The number of carbonyl (C=O) groups excluding carboxylic acids is 1. The van der Waals surface area contributed by atoms with Gasteiger partial charge in [0.15, 0.2) is 0 Å². The number of hydrogen-bond acceptors (Lipinski definition) is 4. The van der Waals surface area contributed by atoms with E-state index < -0.39 is 0 Å². The van der Waals surface area contributed by atoms with E-state index in [4.69, 9.17) is 10.2 Å². The molecule has 0 fully saturated rings. The molecule has 5 heteroatoms. The minimum atomic E-state index is -0.214. The molecule has 0 saturated carbocycles. The number of likely N-dealkylation sites (N-methyl/N-ethyl adjacent to an activating group) is 1. The van der Waals surface area contributed by atoms with Gasteiger partial charge in [0.1, 0.15) is 6.61 Å². The lowest BCUT2D eigenvalue weighted by Crippen LogP contribution is -2.37. The summed E-state index contributed by atoms with van der Waals surface area (Å²) in [6.07, 6.45) is 0. The predicted molar refractivity (Wildman–Crippen MR) is 66.9 cm³/mol. The lowest BCUT2D eigenvalue weighted by molar-refractivity contribution is 0.0682. The first-order valence-electron chi connectivity index (χ1n) is 5.16. The molecule has 0 spiro atoms. The third-order valence-corrected chi connectivity index (χ3v) is 3.23. The molecule has 0 aliphatic rings. The summed E-state index contributed by atoms with van der Waals surface area (Å²) in [6.45, 7) is 1.52. The average Bonchev–Trinajstić information content (AvgIpc) is 2.82. The van der Waals surface area contributed by atoms with Gasteiger partial charge >= 0.3 is 0 Å². The van der Waals surface area contributed by atoms with Gasteiger partial charge in [-0.3, -0.25) is 4.79 Å². The summed E-state index contributed by atoms with van der Waals surface area (Å²) in [7, 11) is 1.65. The number of aliphatic hydroxyl groups excluding tert-OH is 2. The Kier molecular flexibility index (Phi) is 5.16. The van der Waals surface area contributed by atoms with Crippen molar-refractivity contribution < 1.29 is 15.0 Å². The van der Waals surface area contributed by atoms with Crippen LogP contribution in [-0.2, 0) is 0 Å². The van der Waals surface area contributed by atoms with Crippen molar-refractivity contribution in [2.24, 2.45) is 0 Å². The van der Waals surface area contributed by atoms with Crippen LogP contribution >= 0.6 is 11.3 Å². The minimum absolute atomic E-state index is 0.0659. The maximum atomic E-state index is 12.0. The molecule has 0 bridgehead atoms. The SMILES string of the molecule is CC(CO)N(C)C(=O)c1csc(C#CCO)c1. The Morgan fingerprint density at radius 3 is 2.88 bits per heavy atom. The number of amides is 1. The number of hydrogen-bond donors (Lipinski definition) is 2. The number of nitrogens with zero attached hydrogens (tertiary/aromatic N) is 1. The molecule has 92 valence electrons. The monoisotopic (exact) mass is 253 g/mol. The number of carbonyl (C=O) groups is 1. The number of thiophene rings is 1. The molecular weight excluding hydrogens is 238 g/mol. The summed E-state index contributed by atoms with van der Waals surface area (Å²) < 4.78 is 0. The first-order chi connectivity index (χ1) is 8.10. The van der Waals surface area contributed by atoms with E-state index >= 15 is 0 Å². The fraction of sp³-hybridized carbons (Fsp3) is 0.417. The molecule has 4 nitrogen and oxygen atoms in total. The second-order valence-electron chi connectivity index (χ2n) is 3.61.